The molecule has 170 valence electrons. The first-order chi connectivity index (χ1) is 17.9. The Balaban J connectivity index is 1.75. The summed E-state index contributed by atoms with van der Waals surface area (Å²) in [6.45, 7) is 0. The van der Waals surface area contributed by atoms with Gasteiger partial charge in [-0.05, 0) is 0 Å². The minimum absolute atomic E-state index is 0.239. The first-order valence-electron chi connectivity index (χ1n) is 11.8. The fraction of sp³-hybridized carbons (Fsp3) is 0. The molecule has 36 heavy (non-hydrogen) atoms. The van der Waals surface area contributed by atoms with Crippen LogP contribution in [0.15, 0.2) is 97.1 Å². The normalized spacial score (nSPS) is 12.4. The van der Waals surface area contributed by atoms with E-state index in [4.69, 9.17) is 0 Å². The second-order valence-electron chi connectivity index (χ2n) is 8.96. The molecule has 0 aliphatic rings. The van der Waals surface area contributed by atoms with Gasteiger partial charge in [0.2, 0.25) is 0 Å². The molecule has 0 amide bonds. The van der Waals surface area contributed by atoms with E-state index in [1.165, 1.54) is 68.9 Å². The minimum atomic E-state index is 0.239. The van der Waals surface area contributed by atoms with E-state index in [9.17, 15) is 0 Å². The van der Waals surface area contributed by atoms with E-state index in [2.05, 4.69) is 106 Å². The predicted molar refractivity (Wildman–Crippen MR) is 161 cm³/mol. The molecule has 4 aromatic heterocycles. The first-order valence-corrected chi connectivity index (χ1v) is 16.8. The van der Waals surface area contributed by atoms with Gasteiger partial charge < -0.3 is 0 Å². The van der Waals surface area contributed by atoms with Crippen molar-refractivity contribution in [2.24, 2.45) is 0 Å². The van der Waals surface area contributed by atoms with Crippen molar-refractivity contribution in [2.45, 2.75) is 0 Å². The number of nitrogens with zero attached hydrogens (tertiary/aromatic N) is 2. The molecule has 0 fully saturated rings. The van der Waals surface area contributed by atoms with Crippen molar-refractivity contribution < 1.29 is 0 Å². The fourth-order valence-electron chi connectivity index (χ4n) is 5.52. The first kappa shape index (κ1) is 20.3. The van der Waals surface area contributed by atoms with Crippen molar-refractivity contribution in [3.05, 3.63) is 97.1 Å². The van der Waals surface area contributed by atoms with Gasteiger partial charge in [0.05, 0.1) is 0 Å². The zero-order valence-electron chi connectivity index (χ0n) is 18.8. The van der Waals surface area contributed by atoms with Gasteiger partial charge in [-0.2, -0.15) is 0 Å². The quantitative estimate of drug-likeness (QED) is 0.0908. The van der Waals surface area contributed by atoms with Gasteiger partial charge in [0.25, 0.3) is 0 Å². The molecule has 9 aromatic rings. The molecule has 6 heteroatoms. The molecule has 9 rings (SSSR count). The van der Waals surface area contributed by atoms with Gasteiger partial charge in [-0.25, -0.2) is 0 Å². The van der Waals surface area contributed by atoms with Crippen molar-refractivity contribution >= 4 is 121 Å². The average molecular weight is 627 g/mol. The summed E-state index contributed by atoms with van der Waals surface area (Å²) in [4.78, 5) is 0. The van der Waals surface area contributed by atoms with Crippen LogP contribution in [0.1, 0.15) is 0 Å². The van der Waals surface area contributed by atoms with E-state index >= 15 is 0 Å². The molecule has 0 saturated heterocycles. The van der Waals surface area contributed by atoms with Crippen LogP contribution in [-0.4, -0.2) is 37.8 Å². The van der Waals surface area contributed by atoms with Crippen molar-refractivity contribution in [3.8, 4) is 0 Å². The second kappa shape index (κ2) is 7.36. The number of fused-ring (bicyclic) bond motifs is 10. The van der Waals surface area contributed by atoms with Crippen molar-refractivity contribution in [2.75, 3.05) is 0 Å². The summed E-state index contributed by atoms with van der Waals surface area (Å²) >= 11 is 4.46. The Kier molecular flexibility index (Phi) is 4.14. The molecule has 0 atom stereocenters. The molecule has 0 bridgehead atoms. The van der Waals surface area contributed by atoms with Gasteiger partial charge in [0, 0.05) is 0 Å². The summed E-state index contributed by atoms with van der Waals surface area (Å²) in [7, 11) is 0. The number of hydrogen-bond donors (Lipinski definition) is 0. The Morgan fingerprint density at radius 2 is 0.833 bits per heavy atom. The summed E-state index contributed by atoms with van der Waals surface area (Å²) in [6.07, 6.45) is 0. The topological polar surface area (TPSA) is 8.82 Å². The average Bonchev–Trinajstić information content (AvgIpc) is 2.94. The molecule has 4 heterocycles. The van der Waals surface area contributed by atoms with Crippen LogP contribution in [-0.2, 0) is 0 Å². The molecule has 5 aromatic carbocycles. The second-order valence-corrected chi connectivity index (χ2v) is 15.5. The summed E-state index contributed by atoms with van der Waals surface area (Å²) < 4.78 is 16.8. The van der Waals surface area contributed by atoms with Gasteiger partial charge in [0.1, 0.15) is 0 Å². The van der Waals surface area contributed by atoms with Crippen LogP contribution in [0.25, 0.3) is 68.9 Å². The van der Waals surface area contributed by atoms with Gasteiger partial charge in [-0.3, -0.25) is 0 Å². The molecule has 0 radical (unpaired) electrons. The van der Waals surface area contributed by atoms with Crippen LogP contribution >= 0.6 is 22.7 Å². The Morgan fingerprint density at radius 1 is 0.444 bits per heavy atom. The molecule has 0 aliphatic heterocycles. The van der Waals surface area contributed by atoms with Crippen molar-refractivity contribution in [1.82, 2.24) is 8.80 Å². The molecular formula is C30H16N2S2Se2. The Labute approximate surface area is 225 Å². The fourth-order valence-corrected chi connectivity index (χ4v) is 13.6. The van der Waals surface area contributed by atoms with Crippen molar-refractivity contribution in [1.29, 1.82) is 0 Å². The predicted octanol–water partition coefficient (Wildman–Crippen LogP) is 8.47. The number of benzene rings is 5. The van der Waals surface area contributed by atoms with Gasteiger partial charge in [-0.15, -0.1) is 0 Å². The number of hydrogen-bond acceptors (Lipinski definition) is 2. The third kappa shape index (κ3) is 2.57. The summed E-state index contributed by atoms with van der Waals surface area (Å²) in [6, 6.07) is 36.0. The van der Waals surface area contributed by atoms with Gasteiger partial charge >= 0.3 is 226 Å². The van der Waals surface area contributed by atoms with Crippen LogP contribution in [0.4, 0.5) is 0 Å². The zero-order chi connectivity index (χ0) is 23.4. The van der Waals surface area contributed by atoms with E-state index in [1.54, 1.807) is 0 Å². The van der Waals surface area contributed by atoms with Crippen LogP contribution in [0.2, 0.25) is 0 Å². The summed E-state index contributed by atoms with van der Waals surface area (Å²) in [5.41, 5.74) is 8.22. The van der Waals surface area contributed by atoms with E-state index in [1.807, 2.05) is 22.7 Å². The third-order valence-corrected chi connectivity index (χ3v) is 14.8. The van der Waals surface area contributed by atoms with E-state index in [-0.39, 0.29) is 29.0 Å². The molecule has 0 N–H and O–H groups in total. The monoisotopic (exact) mass is 628 g/mol. The molecular weight excluding hydrogens is 610 g/mol. The van der Waals surface area contributed by atoms with E-state index in [0.717, 1.165) is 0 Å². The number of para-hydroxylation sites is 4. The molecule has 0 saturated carbocycles. The maximum atomic E-state index is 2.58. The van der Waals surface area contributed by atoms with Crippen LogP contribution in [0.5, 0.6) is 0 Å². The van der Waals surface area contributed by atoms with Crippen LogP contribution in [0.3, 0.4) is 0 Å². The summed E-state index contributed by atoms with van der Waals surface area (Å²) in [5.74, 6) is 0. The molecule has 2 nitrogen and oxygen atoms in total. The number of aromatic nitrogens is 2. The van der Waals surface area contributed by atoms with Crippen molar-refractivity contribution in [3.63, 3.8) is 0 Å². The molecule has 0 aliphatic carbocycles. The van der Waals surface area contributed by atoms with Crippen LogP contribution < -0.4 is 0 Å². The standard InChI is InChI=1S/C30H16N2S2Se2/c1-5-13-21-17(9-1)31-19-11-3-7-15-23(19)35-29-25(31)27(33-21)30-26-28(29)34-22-14-6-2-10-18(22)32(26)20-12-4-8-16-24(20)36-30/h1-16H. The SMILES string of the molecule is c1ccc2c(c1)sc1c3[se]c4ccccc4n4c5ccccc5sc(c5[se]c6ccccc6n2c15)c34. The van der Waals surface area contributed by atoms with Gasteiger partial charge in [-0.1, -0.05) is 0 Å². The summed E-state index contributed by atoms with van der Waals surface area (Å²) in [5, 5.41) is 0. The molecule has 0 spiro atoms. The molecule has 0 unspecified atom stereocenters. The Bertz CT molecular complexity index is 2060. The number of rotatable bonds is 0. The Hall–Kier alpha value is -2.82. The Morgan fingerprint density at radius 3 is 1.31 bits per heavy atom. The van der Waals surface area contributed by atoms with Gasteiger partial charge in [0.15, 0.2) is 0 Å². The van der Waals surface area contributed by atoms with E-state index < -0.39 is 0 Å². The third-order valence-electron chi connectivity index (χ3n) is 6.99. The van der Waals surface area contributed by atoms with Crippen LogP contribution in [0, 0.1) is 0 Å². The van der Waals surface area contributed by atoms with E-state index in [0.29, 0.717) is 0 Å². The zero-order valence-corrected chi connectivity index (χ0v) is 23.8. The maximum absolute atomic E-state index is 2.58.